The monoisotopic (exact) mass is 396 g/mol. The van der Waals surface area contributed by atoms with Crippen LogP contribution in [0.1, 0.15) is 10.4 Å². The Hall–Kier alpha value is -2.77. The van der Waals surface area contributed by atoms with Gasteiger partial charge in [0.1, 0.15) is 0 Å². The highest BCUT2D eigenvalue weighted by Gasteiger charge is 2.18. The SMILES string of the molecule is Cn1c(=NC(=O)c2ccccc2S(C)(=O)=O)sc2c3ccccc3ccc21. The molecule has 1 heterocycles. The molecule has 4 aromatic rings. The van der Waals surface area contributed by atoms with Gasteiger partial charge in [0.15, 0.2) is 14.6 Å². The minimum Gasteiger partial charge on any atom is -0.319 e. The summed E-state index contributed by atoms with van der Waals surface area (Å²) in [5.74, 6) is -0.567. The molecule has 5 nitrogen and oxygen atoms in total. The number of hydrogen-bond acceptors (Lipinski definition) is 4. The fraction of sp³-hybridized carbons (Fsp3) is 0.100. The number of hydrogen-bond donors (Lipinski definition) is 0. The molecule has 0 saturated carbocycles. The van der Waals surface area contributed by atoms with E-state index in [2.05, 4.69) is 4.99 Å². The number of aryl methyl sites for hydroxylation is 1. The first-order valence-corrected chi connectivity index (χ1v) is 10.9. The van der Waals surface area contributed by atoms with Crippen molar-refractivity contribution < 1.29 is 13.2 Å². The summed E-state index contributed by atoms with van der Waals surface area (Å²) >= 11 is 1.42. The van der Waals surface area contributed by atoms with Gasteiger partial charge in [0.25, 0.3) is 5.91 Å². The molecule has 0 aliphatic rings. The first-order valence-electron chi connectivity index (χ1n) is 8.22. The van der Waals surface area contributed by atoms with E-state index in [9.17, 15) is 13.2 Å². The normalized spacial score (nSPS) is 12.7. The summed E-state index contributed by atoms with van der Waals surface area (Å²) in [7, 11) is -1.67. The number of nitrogens with zero attached hydrogens (tertiary/aromatic N) is 2. The topological polar surface area (TPSA) is 68.5 Å². The number of amides is 1. The van der Waals surface area contributed by atoms with Crippen LogP contribution in [0.3, 0.4) is 0 Å². The molecule has 0 N–H and O–H groups in total. The van der Waals surface area contributed by atoms with Gasteiger partial charge in [-0.05, 0) is 23.6 Å². The lowest BCUT2D eigenvalue weighted by Crippen LogP contribution is -2.14. The van der Waals surface area contributed by atoms with Crippen LogP contribution in [0.5, 0.6) is 0 Å². The number of fused-ring (bicyclic) bond motifs is 3. The van der Waals surface area contributed by atoms with Crippen molar-refractivity contribution in [3.63, 3.8) is 0 Å². The second-order valence-electron chi connectivity index (χ2n) is 6.26. The predicted molar refractivity (Wildman–Crippen MR) is 108 cm³/mol. The average Bonchev–Trinajstić information content (AvgIpc) is 2.97. The van der Waals surface area contributed by atoms with Crippen LogP contribution >= 0.6 is 11.3 Å². The van der Waals surface area contributed by atoms with Gasteiger partial charge in [0.2, 0.25) is 0 Å². The van der Waals surface area contributed by atoms with Crippen molar-refractivity contribution in [2.24, 2.45) is 12.0 Å². The van der Waals surface area contributed by atoms with Gasteiger partial charge in [-0.25, -0.2) is 8.42 Å². The van der Waals surface area contributed by atoms with Crippen LogP contribution in [0.2, 0.25) is 0 Å². The summed E-state index contributed by atoms with van der Waals surface area (Å²) in [6.45, 7) is 0. The summed E-state index contributed by atoms with van der Waals surface area (Å²) in [5.41, 5.74) is 1.06. The molecule has 1 amide bonds. The molecule has 136 valence electrons. The van der Waals surface area contributed by atoms with Gasteiger partial charge < -0.3 is 4.57 Å². The molecular formula is C20H16N2O3S2. The fourth-order valence-electron chi connectivity index (χ4n) is 3.08. The maximum absolute atomic E-state index is 12.7. The number of carbonyl (C=O) groups excluding carboxylic acids is 1. The van der Waals surface area contributed by atoms with E-state index < -0.39 is 15.7 Å². The number of thiazole rings is 1. The van der Waals surface area contributed by atoms with Crippen molar-refractivity contribution in [3.05, 3.63) is 71.0 Å². The van der Waals surface area contributed by atoms with E-state index in [1.807, 2.05) is 48.0 Å². The van der Waals surface area contributed by atoms with E-state index >= 15 is 0 Å². The van der Waals surface area contributed by atoms with Gasteiger partial charge in [-0.3, -0.25) is 4.79 Å². The molecule has 3 aromatic carbocycles. The van der Waals surface area contributed by atoms with E-state index in [0.29, 0.717) is 4.80 Å². The van der Waals surface area contributed by atoms with Crippen LogP contribution in [0.4, 0.5) is 0 Å². The van der Waals surface area contributed by atoms with Crippen molar-refractivity contribution in [2.75, 3.05) is 6.26 Å². The van der Waals surface area contributed by atoms with Crippen molar-refractivity contribution >= 4 is 48.1 Å². The van der Waals surface area contributed by atoms with Crippen LogP contribution in [-0.4, -0.2) is 25.1 Å². The minimum atomic E-state index is -3.52. The van der Waals surface area contributed by atoms with E-state index in [1.165, 1.54) is 23.5 Å². The highest BCUT2D eigenvalue weighted by atomic mass is 32.2. The molecule has 4 rings (SSSR count). The second kappa shape index (κ2) is 6.44. The summed E-state index contributed by atoms with van der Waals surface area (Å²) in [4.78, 5) is 17.5. The van der Waals surface area contributed by atoms with Crippen LogP contribution in [-0.2, 0) is 16.9 Å². The van der Waals surface area contributed by atoms with Gasteiger partial charge in [-0.2, -0.15) is 4.99 Å². The summed E-state index contributed by atoms with van der Waals surface area (Å²) in [6.07, 6.45) is 1.09. The van der Waals surface area contributed by atoms with Gasteiger partial charge >= 0.3 is 0 Å². The lowest BCUT2D eigenvalue weighted by atomic mass is 10.1. The Kier molecular flexibility index (Phi) is 4.20. The van der Waals surface area contributed by atoms with Crippen molar-refractivity contribution in [1.82, 2.24) is 4.57 Å². The molecule has 0 aliphatic heterocycles. The minimum absolute atomic E-state index is 0.00651. The number of aromatic nitrogens is 1. The van der Waals surface area contributed by atoms with Crippen LogP contribution < -0.4 is 4.80 Å². The largest absolute Gasteiger partial charge is 0.319 e. The van der Waals surface area contributed by atoms with Gasteiger partial charge in [0.05, 0.1) is 20.7 Å². The second-order valence-corrected chi connectivity index (χ2v) is 9.23. The number of benzene rings is 3. The zero-order valence-electron chi connectivity index (χ0n) is 14.7. The zero-order chi connectivity index (χ0) is 19.2. The molecule has 0 spiro atoms. The van der Waals surface area contributed by atoms with Gasteiger partial charge in [0, 0.05) is 18.7 Å². The third-order valence-electron chi connectivity index (χ3n) is 4.41. The quantitative estimate of drug-likeness (QED) is 0.520. The lowest BCUT2D eigenvalue weighted by molar-refractivity contribution is 0.0995. The van der Waals surface area contributed by atoms with E-state index in [1.54, 1.807) is 12.1 Å². The molecule has 0 aliphatic carbocycles. The molecule has 1 aromatic heterocycles. The molecule has 0 atom stereocenters. The van der Waals surface area contributed by atoms with Crippen LogP contribution in [0.15, 0.2) is 70.6 Å². The first-order chi connectivity index (χ1) is 12.9. The fourth-order valence-corrected chi connectivity index (χ4v) is 5.11. The zero-order valence-corrected chi connectivity index (χ0v) is 16.3. The highest BCUT2D eigenvalue weighted by Crippen LogP contribution is 2.27. The first kappa shape index (κ1) is 17.6. The predicted octanol–water partition coefficient (Wildman–Crippen LogP) is 3.54. The van der Waals surface area contributed by atoms with Crippen molar-refractivity contribution in [3.8, 4) is 0 Å². The molecule has 7 heteroatoms. The number of rotatable bonds is 2. The summed E-state index contributed by atoms with van der Waals surface area (Å²) in [5, 5.41) is 2.22. The Labute approximate surface area is 160 Å². The summed E-state index contributed by atoms with van der Waals surface area (Å²) < 4.78 is 26.8. The molecular weight excluding hydrogens is 380 g/mol. The van der Waals surface area contributed by atoms with Gasteiger partial charge in [-0.1, -0.05) is 53.8 Å². The molecule has 27 heavy (non-hydrogen) atoms. The third kappa shape index (κ3) is 3.09. The van der Waals surface area contributed by atoms with E-state index in [-0.39, 0.29) is 10.5 Å². The highest BCUT2D eigenvalue weighted by molar-refractivity contribution is 7.90. The Bertz CT molecular complexity index is 1380. The third-order valence-corrected chi connectivity index (χ3v) is 6.75. The maximum Gasteiger partial charge on any atom is 0.280 e. The van der Waals surface area contributed by atoms with E-state index in [0.717, 1.165) is 27.2 Å². The van der Waals surface area contributed by atoms with Crippen molar-refractivity contribution in [2.45, 2.75) is 4.90 Å². The Morgan fingerprint density at radius 1 is 1.00 bits per heavy atom. The van der Waals surface area contributed by atoms with Crippen LogP contribution in [0.25, 0.3) is 21.0 Å². The number of carbonyl (C=O) groups is 1. The molecule has 0 bridgehead atoms. The van der Waals surface area contributed by atoms with Crippen molar-refractivity contribution in [1.29, 1.82) is 0 Å². The average molecular weight is 396 g/mol. The Balaban J connectivity index is 1.93. The van der Waals surface area contributed by atoms with Crippen LogP contribution in [0, 0.1) is 0 Å². The molecule has 0 unspecified atom stereocenters. The summed E-state index contributed by atoms with van der Waals surface area (Å²) in [6, 6.07) is 18.2. The molecule has 0 saturated heterocycles. The molecule has 0 fully saturated rings. The number of sulfone groups is 1. The Morgan fingerprint density at radius 2 is 1.70 bits per heavy atom. The standard InChI is InChI=1S/C20H16N2O3S2/c1-22-16-12-11-13-7-3-4-8-14(13)18(16)26-20(22)21-19(23)15-9-5-6-10-17(15)27(2,24)25/h3-12H,1-2H3. The lowest BCUT2D eigenvalue weighted by Gasteiger charge is -2.03. The smallest absolute Gasteiger partial charge is 0.280 e. The van der Waals surface area contributed by atoms with Gasteiger partial charge in [-0.15, -0.1) is 0 Å². The Morgan fingerprint density at radius 3 is 2.48 bits per heavy atom. The molecule has 0 radical (unpaired) electrons. The van der Waals surface area contributed by atoms with E-state index in [4.69, 9.17) is 0 Å². The maximum atomic E-state index is 12.7.